The van der Waals surface area contributed by atoms with Gasteiger partial charge in [0, 0.05) is 39.3 Å². The van der Waals surface area contributed by atoms with Crippen LogP contribution in [-0.2, 0) is 4.74 Å². The Balaban J connectivity index is 1.43. The molecule has 2 aromatic heterocycles. The van der Waals surface area contributed by atoms with Gasteiger partial charge >= 0.3 is 0 Å². The van der Waals surface area contributed by atoms with Crippen molar-refractivity contribution in [3.8, 4) is 0 Å². The number of furan rings is 1. The number of hydrogen-bond acceptors (Lipinski definition) is 7. The molecule has 0 atom stereocenters. The zero-order valence-electron chi connectivity index (χ0n) is 15.6. The quantitative estimate of drug-likeness (QED) is 0.775. The zero-order chi connectivity index (χ0) is 19.3. The first-order chi connectivity index (χ1) is 13.7. The predicted octanol–water partition coefficient (Wildman–Crippen LogP) is 0.894. The minimum Gasteiger partial charge on any atom is -0.472 e. The van der Waals surface area contributed by atoms with Gasteiger partial charge in [-0.2, -0.15) is 0 Å². The Morgan fingerprint density at radius 2 is 1.75 bits per heavy atom. The van der Waals surface area contributed by atoms with Crippen LogP contribution in [0, 0.1) is 0 Å². The molecule has 28 heavy (non-hydrogen) atoms. The van der Waals surface area contributed by atoms with E-state index in [0.29, 0.717) is 63.0 Å². The van der Waals surface area contributed by atoms with E-state index in [4.69, 9.17) is 9.15 Å². The smallest absolute Gasteiger partial charge is 0.274 e. The van der Waals surface area contributed by atoms with Crippen LogP contribution < -0.4 is 4.90 Å². The lowest BCUT2D eigenvalue weighted by Gasteiger charge is -2.27. The topological polar surface area (TPSA) is 92.0 Å². The average Bonchev–Trinajstić information content (AvgIpc) is 3.18. The van der Waals surface area contributed by atoms with Gasteiger partial charge in [-0.3, -0.25) is 14.6 Å². The molecule has 2 aromatic rings. The maximum absolute atomic E-state index is 12.7. The molecule has 0 unspecified atom stereocenters. The summed E-state index contributed by atoms with van der Waals surface area (Å²) in [7, 11) is 0. The lowest BCUT2D eigenvalue weighted by atomic mass is 10.3. The Hall–Kier alpha value is -2.94. The highest BCUT2D eigenvalue weighted by Gasteiger charge is 2.24. The molecule has 2 aliphatic rings. The minimum absolute atomic E-state index is 0.0297. The molecule has 0 bridgehead atoms. The SMILES string of the molecule is O=C(c1ccoc1)N1CCCN(c2cncc(C(=O)N3CCOCC3)n2)CC1. The van der Waals surface area contributed by atoms with E-state index in [1.165, 1.54) is 18.7 Å². The number of carbonyl (C=O) groups is 2. The Kier molecular flexibility index (Phi) is 5.52. The molecule has 9 nitrogen and oxygen atoms in total. The highest BCUT2D eigenvalue weighted by Crippen LogP contribution is 2.16. The number of nitrogens with zero attached hydrogens (tertiary/aromatic N) is 5. The molecule has 9 heteroatoms. The Bertz CT molecular complexity index is 819. The number of anilines is 1. The van der Waals surface area contributed by atoms with Gasteiger partial charge in [0.05, 0.1) is 37.4 Å². The van der Waals surface area contributed by atoms with Crippen LogP contribution in [0.2, 0.25) is 0 Å². The van der Waals surface area contributed by atoms with Gasteiger partial charge in [0.15, 0.2) is 0 Å². The van der Waals surface area contributed by atoms with E-state index >= 15 is 0 Å². The summed E-state index contributed by atoms with van der Waals surface area (Å²) in [5.74, 6) is 0.513. The molecule has 2 aliphatic heterocycles. The third-order valence-corrected chi connectivity index (χ3v) is 5.01. The summed E-state index contributed by atoms with van der Waals surface area (Å²) in [6.07, 6.45) is 6.96. The number of hydrogen-bond donors (Lipinski definition) is 0. The van der Waals surface area contributed by atoms with Crippen molar-refractivity contribution in [2.45, 2.75) is 6.42 Å². The molecule has 2 fully saturated rings. The van der Waals surface area contributed by atoms with Crippen LogP contribution >= 0.6 is 0 Å². The van der Waals surface area contributed by atoms with Crippen molar-refractivity contribution in [2.24, 2.45) is 0 Å². The van der Waals surface area contributed by atoms with Gasteiger partial charge in [-0.05, 0) is 12.5 Å². The third kappa shape index (κ3) is 3.99. The number of aromatic nitrogens is 2. The predicted molar refractivity (Wildman–Crippen MR) is 100 cm³/mol. The monoisotopic (exact) mass is 385 g/mol. The van der Waals surface area contributed by atoms with E-state index in [1.54, 1.807) is 17.2 Å². The standard InChI is InChI=1S/C19H23N5O4/c25-18(15-2-9-28-14-15)23-4-1-3-22(5-6-23)17-13-20-12-16(21-17)19(26)24-7-10-27-11-8-24/h2,9,12-14H,1,3-8,10-11H2. The highest BCUT2D eigenvalue weighted by molar-refractivity contribution is 5.94. The van der Waals surface area contributed by atoms with Gasteiger partial charge in [-0.1, -0.05) is 0 Å². The van der Waals surface area contributed by atoms with Crippen LogP contribution in [0.5, 0.6) is 0 Å². The molecule has 4 rings (SSSR count). The summed E-state index contributed by atoms with van der Waals surface area (Å²) in [5, 5.41) is 0. The van der Waals surface area contributed by atoms with E-state index < -0.39 is 0 Å². The average molecular weight is 385 g/mol. The van der Waals surface area contributed by atoms with Crippen molar-refractivity contribution >= 4 is 17.6 Å². The number of morpholine rings is 1. The van der Waals surface area contributed by atoms with Crippen LogP contribution in [0.3, 0.4) is 0 Å². The fraction of sp³-hybridized carbons (Fsp3) is 0.474. The summed E-state index contributed by atoms with van der Waals surface area (Å²) in [5.41, 5.74) is 0.904. The summed E-state index contributed by atoms with van der Waals surface area (Å²) in [6.45, 7) is 4.86. The summed E-state index contributed by atoms with van der Waals surface area (Å²) in [6, 6.07) is 1.68. The van der Waals surface area contributed by atoms with E-state index in [9.17, 15) is 9.59 Å². The van der Waals surface area contributed by atoms with Crippen molar-refractivity contribution in [3.63, 3.8) is 0 Å². The summed E-state index contributed by atoms with van der Waals surface area (Å²) >= 11 is 0. The molecule has 148 valence electrons. The van der Waals surface area contributed by atoms with Gasteiger partial charge in [0.1, 0.15) is 17.8 Å². The molecule has 0 radical (unpaired) electrons. The Morgan fingerprint density at radius 1 is 0.929 bits per heavy atom. The van der Waals surface area contributed by atoms with Crippen molar-refractivity contribution in [3.05, 3.63) is 42.2 Å². The van der Waals surface area contributed by atoms with E-state index in [1.807, 2.05) is 4.90 Å². The van der Waals surface area contributed by atoms with Gasteiger partial charge in [0.25, 0.3) is 11.8 Å². The van der Waals surface area contributed by atoms with Crippen LogP contribution in [-0.4, -0.2) is 84.1 Å². The molecule has 2 saturated heterocycles. The van der Waals surface area contributed by atoms with Crippen molar-refractivity contribution in [1.29, 1.82) is 0 Å². The van der Waals surface area contributed by atoms with Crippen molar-refractivity contribution in [2.75, 3.05) is 57.4 Å². The maximum atomic E-state index is 12.7. The van der Waals surface area contributed by atoms with Gasteiger partial charge in [-0.25, -0.2) is 4.98 Å². The van der Waals surface area contributed by atoms with E-state index in [-0.39, 0.29) is 11.8 Å². The lowest BCUT2D eigenvalue weighted by Crippen LogP contribution is -2.41. The maximum Gasteiger partial charge on any atom is 0.274 e. The number of amides is 2. The molecule has 0 saturated carbocycles. The first-order valence-electron chi connectivity index (χ1n) is 9.48. The Morgan fingerprint density at radius 3 is 2.54 bits per heavy atom. The first-order valence-corrected chi connectivity index (χ1v) is 9.48. The van der Waals surface area contributed by atoms with E-state index in [2.05, 4.69) is 14.9 Å². The second-order valence-corrected chi connectivity index (χ2v) is 6.81. The minimum atomic E-state index is -0.121. The second-order valence-electron chi connectivity index (χ2n) is 6.81. The molecule has 0 N–H and O–H groups in total. The molecule has 2 amide bonds. The van der Waals surface area contributed by atoms with Gasteiger partial charge in [-0.15, -0.1) is 0 Å². The number of carbonyl (C=O) groups excluding carboxylic acids is 2. The molecular weight excluding hydrogens is 362 g/mol. The van der Waals surface area contributed by atoms with Crippen LogP contribution in [0.15, 0.2) is 35.4 Å². The molecule has 4 heterocycles. The lowest BCUT2D eigenvalue weighted by molar-refractivity contribution is 0.0298. The van der Waals surface area contributed by atoms with Crippen molar-refractivity contribution in [1.82, 2.24) is 19.8 Å². The van der Waals surface area contributed by atoms with Gasteiger partial charge < -0.3 is 23.9 Å². The molecular formula is C19H23N5O4. The van der Waals surface area contributed by atoms with Crippen LogP contribution in [0.4, 0.5) is 5.82 Å². The highest BCUT2D eigenvalue weighted by atomic mass is 16.5. The molecule has 0 aromatic carbocycles. The third-order valence-electron chi connectivity index (χ3n) is 5.01. The first kappa shape index (κ1) is 18.4. The molecule has 0 spiro atoms. The van der Waals surface area contributed by atoms with E-state index in [0.717, 1.165) is 13.0 Å². The number of rotatable bonds is 3. The van der Waals surface area contributed by atoms with Gasteiger partial charge in [0.2, 0.25) is 0 Å². The van der Waals surface area contributed by atoms with Crippen molar-refractivity contribution < 1.29 is 18.7 Å². The van der Waals surface area contributed by atoms with Crippen LogP contribution in [0.1, 0.15) is 27.3 Å². The largest absolute Gasteiger partial charge is 0.472 e. The number of ether oxygens (including phenoxy) is 1. The van der Waals surface area contributed by atoms with Crippen LogP contribution in [0.25, 0.3) is 0 Å². The Labute approximate surface area is 162 Å². The summed E-state index contributed by atoms with van der Waals surface area (Å²) in [4.78, 5) is 39.6. The normalized spacial score (nSPS) is 18.1. The molecule has 0 aliphatic carbocycles. The fourth-order valence-electron chi connectivity index (χ4n) is 3.46. The second kappa shape index (κ2) is 8.39. The zero-order valence-corrected chi connectivity index (χ0v) is 15.6. The fourth-order valence-corrected chi connectivity index (χ4v) is 3.46. The summed E-state index contributed by atoms with van der Waals surface area (Å²) < 4.78 is 10.3.